The van der Waals surface area contributed by atoms with E-state index in [4.69, 9.17) is 5.73 Å². The van der Waals surface area contributed by atoms with Crippen molar-refractivity contribution in [2.75, 3.05) is 5.32 Å². The van der Waals surface area contributed by atoms with Gasteiger partial charge in [0.15, 0.2) is 0 Å². The highest BCUT2D eigenvalue weighted by Gasteiger charge is 2.28. The number of nitrogens with one attached hydrogen (secondary N) is 1. The molecule has 1 aromatic heterocycles. The summed E-state index contributed by atoms with van der Waals surface area (Å²) in [5.41, 5.74) is 8.49. The highest BCUT2D eigenvalue weighted by molar-refractivity contribution is 5.94. The zero-order valence-electron chi connectivity index (χ0n) is 12.1. The smallest absolute Gasteiger partial charge is 0.227 e. The van der Waals surface area contributed by atoms with Crippen molar-refractivity contribution >= 4 is 11.6 Å². The minimum Gasteiger partial charge on any atom is -0.328 e. The number of nitrogens with two attached hydrogens (primary N) is 1. The lowest BCUT2D eigenvalue weighted by Crippen LogP contribution is -2.23. The van der Waals surface area contributed by atoms with E-state index in [0.717, 1.165) is 36.3 Å². The van der Waals surface area contributed by atoms with Gasteiger partial charge in [-0.15, -0.1) is 0 Å². The van der Waals surface area contributed by atoms with E-state index >= 15 is 0 Å². The summed E-state index contributed by atoms with van der Waals surface area (Å²) in [5, 5.41) is 7.43. The fourth-order valence-corrected chi connectivity index (χ4v) is 2.82. The van der Waals surface area contributed by atoms with E-state index in [1.165, 1.54) is 0 Å². The zero-order valence-corrected chi connectivity index (χ0v) is 12.1. The number of aromatic nitrogens is 2. The molecule has 1 aliphatic rings. The molecule has 0 saturated heterocycles. The molecule has 1 saturated carbocycles. The molecule has 3 N–H and O–H groups in total. The number of rotatable bonds is 3. The minimum absolute atomic E-state index is 0.0208. The van der Waals surface area contributed by atoms with Gasteiger partial charge >= 0.3 is 0 Å². The van der Waals surface area contributed by atoms with Crippen molar-refractivity contribution in [1.82, 2.24) is 9.78 Å². The Morgan fingerprint density at radius 2 is 2.14 bits per heavy atom. The second-order valence-corrected chi connectivity index (χ2v) is 5.68. The number of carbonyl (C=O) groups is 1. The number of para-hydroxylation sites is 2. The number of nitrogens with zero attached hydrogens (tertiary/aromatic N) is 2. The van der Waals surface area contributed by atoms with Gasteiger partial charge in [0.1, 0.15) is 0 Å². The fourth-order valence-electron chi connectivity index (χ4n) is 2.82. The molecule has 2 aromatic rings. The van der Waals surface area contributed by atoms with E-state index in [-0.39, 0.29) is 17.9 Å². The third-order valence-corrected chi connectivity index (χ3v) is 3.98. The topological polar surface area (TPSA) is 72.9 Å². The minimum atomic E-state index is 0.0208. The maximum Gasteiger partial charge on any atom is 0.227 e. The van der Waals surface area contributed by atoms with Gasteiger partial charge in [0.2, 0.25) is 5.91 Å². The monoisotopic (exact) mass is 284 g/mol. The Hall–Kier alpha value is -2.14. The average molecular weight is 284 g/mol. The summed E-state index contributed by atoms with van der Waals surface area (Å²) in [6.07, 6.45) is 4.47. The van der Waals surface area contributed by atoms with Crippen molar-refractivity contribution in [1.29, 1.82) is 0 Å². The summed E-state index contributed by atoms with van der Waals surface area (Å²) in [6.45, 7) is 1.94. The Bertz CT molecular complexity index is 649. The molecule has 1 aliphatic carbocycles. The van der Waals surface area contributed by atoms with Gasteiger partial charge in [-0.2, -0.15) is 5.10 Å². The predicted molar refractivity (Wildman–Crippen MR) is 82.2 cm³/mol. The number of hydrogen-bond acceptors (Lipinski definition) is 3. The highest BCUT2D eigenvalue weighted by atomic mass is 16.1. The molecular formula is C16H20N4O. The molecule has 2 atom stereocenters. The lowest BCUT2D eigenvalue weighted by Gasteiger charge is -2.14. The molecule has 0 radical (unpaired) electrons. The molecule has 110 valence electrons. The number of aryl methyl sites for hydroxylation is 1. The molecule has 0 bridgehead atoms. The number of anilines is 1. The molecule has 1 heterocycles. The van der Waals surface area contributed by atoms with Crippen LogP contribution in [0.4, 0.5) is 5.69 Å². The van der Waals surface area contributed by atoms with E-state index < -0.39 is 0 Å². The van der Waals surface area contributed by atoms with Gasteiger partial charge in [-0.05, 0) is 44.4 Å². The highest BCUT2D eigenvalue weighted by Crippen LogP contribution is 2.27. The third-order valence-electron chi connectivity index (χ3n) is 3.98. The van der Waals surface area contributed by atoms with Gasteiger partial charge in [-0.1, -0.05) is 12.1 Å². The van der Waals surface area contributed by atoms with Gasteiger partial charge < -0.3 is 11.1 Å². The summed E-state index contributed by atoms with van der Waals surface area (Å²) in [7, 11) is 0. The van der Waals surface area contributed by atoms with E-state index in [1.807, 2.05) is 43.5 Å². The van der Waals surface area contributed by atoms with Crippen LogP contribution in [0.1, 0.15) is 25.0 Å². The van der Waals surface area contributed by atoms with Crippen LogP contribution in [0.15, 0.2) is 36.5 Å². The first-order chi connectivity index (χ1) is 10.1. The van der Waals surface area contributed by atoms with Crippen molar-refractivity contribution in [2.24, 2.45) is 11.7 Å². The van der Waals surface area contributed by atoms with Crippen LogP contribution in [0.2, 0.25) is 0 Å². The molecule has 1 amide bonds. The molecule has 5 heteroatoms. The maximum absolute atomic E-state index is 12.4. The Balaban J connectivity index is 1.81. The molecule has 0 spiro atoms. The number of amides is 1. The molecule has 2 unspecified atom stereocenters. The Morgan fingerprint density at radius 3 is 2.81 bits per heavy atom. The van der Waals surface area contributed by atoms with E-state index in [0.29, 0.717) is 0 Å². The SMILES string of the molecule is Cc1ccn(-c2ccccc2NC(=O)C2CCC(N)C2)n1. The number of hydrogen-bond donors (Lipinski definition) is 2. The second kappa shape index (κ2) is 5.69. The van der Waals surface area contributed by atoms with Crippen molar-refractivity contribution in [3.05, 3.63) is 42.2 Å². The normalized spacial score (nSPS) is 21.4. The van der Waals surface area contributed by atoms with Crippen LogP contribution in [-0.4, -0.2) is 21.7 Å². The molecule has 21 heavy (non-hydrogen) atoms. The first kappa shape index (κ1) is 13.8. The first-order valence-electron chi connectivity index (χ1n) is 7.31. The standard InChI is InChI=1S/C16H20N4O/c1-11-8-9-20(19-11)15-5-3-2-4-14(15)18-16(21)12-6-7-13(17)10-12/h2-5,8-9,12-13H,6-7,10,17H2,1H3,(H,18,21). The quantitative estimate of drug-likeness (QED) is 0.908. The van der Waals surface area contributed by atoms with E-state index in [1.54, 1.807) is 4.68 Å². The molecule has 1 fully saturated rings. The van der Waals surface area contributed by atoms with Crippen LogP contribution in [0.25, 0.3) is 5.69 Å². The molecule has 0 aliphatic heterocycles. The fraction of sp³-hybridized carbons (Fsp3) is 0.375. The summed E-state index contributed by atoms with van der Waals surface area (Å²) in [5.74, 6) is 0.0756. The van der Waals surface area contributed by atoms with Crippen molar-refractivity contribution in [3.63, 3.8) is 0 Å². The van der Waals surface area contributed by atoms with Crippen molar-refractivity contribution in [2.45, 2.75) is 32.2 Å². The predicted octanol–water partition coefficient (Wildman–Crippen LogP) is 2.25. The molecule has 1 aromatic carbocycles. The molecule has 5 nitrogen and oxygen atoms in total. The van der Waals surface area contributed by atoms with Crippen LogP contribution >= 0.6 is 0 Å². The summed E-state index contributed by atoms with van der Waals surface area (Å²) in [4.78, 5) is 12.4. The van der Waals surface area contributed by atoms with Gasteiger partial charge in [0.25, 0.3) is 0 Å². The largest absolute Gasteiger partial charge is 0.328 e. The Labute approximate surface area is 124 Å². The van der Waals surface area contributed by atoms with Gasteiger partial charge in [0.05, 0.1) is 17.1 Å². The van der Waals surface area contributed by atoms with Gasteiger partial charge in [-0.25, -0.2) is 4.68 Å². The maximum atomic E-state index is 12.4. The number of carbonyl (C=O) groups excluding carboxylic acids is 1. The zero-order chi connectivity index (χ0) is 14.8. The first-order valence-corrected chi connectivity index (χ1v) is 7.31. The molecule has 3 rings (SSSR count). The average Bonchev–Trinajstić information content (AvgIpc) is 3.08. The summed E-state index contributed by atoms with van der Waals surface area (Å²) in [6, 6.07) is 9.80. The third kappa shape index (κ3) is 2.97. The van der Waals surface area contributed by atoms with Crippen LogP contribution < -0.4 is 11.1 Å². The van der Waals surface area contributed by atoms with Crippen LogP contribution in [0, 0.1) is 12.8 Å². The second-order valence-electron chi connectivity index (χ2n) is 5.68. The van der Waals surface area contributed by atoms with Gasteiger partial charge in [-0.3, -0.25) is 4.79 Å². The summed E-state index contributed by atoms with van der Waals surface area (Å²) < 4.78 is 1.78. The number of benzene rings is 1. The lowest BCUT2D eigenvalue weighted by molar-refractivity contribution is -0.119. The molecular weight excluding hydrogens is 264 g/mol. The Morgan fingerprint density at radius 1 is 1.33 bits per heavy atom. The lowest BCUT2D eigenvalue weighted by atomic mass is 10.1. The van der Waals surface area contributed by atoms with Crippen molar-refractivity contribution in [3.8, 4) is 5.69 Å². The van der Waals surface area contributed by atoms with Crippen LogP contribution in [0.3, 0.4) is 0 Å². The van der Waals surface area contributed by atoms with E-state index in [9.17, 15) is 4.79 Å². The summed E-state index contributed by atoms with van der Waals surface area (Å²) >= 11 is 0. The van der Waals surface area contributed by atoms with Crippen LogP contribution in [-0.2, 0) is 4.79 Å². The van der Waals surface area contributed by atoms with Gasteiger partial charge in [0, 0.05) is 18.2 Å². The van der Waals surface area contributed by atoms with Crippen molar-refractivity contribution < 1.29 is 4.79 Å². The van der Waals surface area contributed by atoms with E-state index in [2.05, 4.69) is 10.4 Å². The Kier molecular flexibility index (Phi) is 3.75. The van der Waals surface area contributed by atoms with Crippen LogP contribution in [0.5, 0.6) is 0 Å².